The number of hydrogen-bond donors (Lipinski definition) is 2. The van der Waals surface area contributed by atoms with E-state index in [1.54, 1.807) is 0 Å². The summed E-state index contributed by atoms with van der Waals surface area (Å²) in [5.74, 6) is 1.64. The Morgan fingerprint density at radius 1 is 0.958 bits per heavy atom. The Morgan fingerprint density at radius 3 is 2.29 bits per heavy atom. The van der Waals surface area contributed by atoms with E-state index >= 15 is 0 Å². The predicted molar refractivity (Wildman–Crippen MR) is 103 cm³/mol. The van der Waals surface area contributed by atoms with Gasteiger partial charge in [-0.05, 0) is 67.9 Å². The zero-order chi connectivity index (χ0) is 17.2. The first-order valence-corrected chi connectivity index (χ1v) is 8.60. The van der Waals surface area contributed by atoms with Gasteiger partial charge in [-0.2, -0.15) is 0 Å². The maximum absolute atomic E-state index is 5.83. The van der Waals surface area contributed by atoms with E-state index < -0.39 is 0 Å². The molecule has 0 aliphatic carbocycles. The minimum atomic E-state index is 0.243. The zero-order valence-electron chi connectivity index (χ0n) is 13.3. The number of thiocarbonyl (C=S) groups is 1. The molecule has 3 N–H and O–H groups in total. The Morgan fingerprint density at radius 2 is 1.62 bits per heavy atom. The molecule has 0 aromatic heterocycles. The molecular formula is C18H21ClN2O2S. The van der Waals surface area contributed by atoms with E-state index in [2.05, 4.69) is 5.32 Å². The lowest BCUT2D eigenvalue weighted by atomic mass is 10.2. The van der Waals surface area contributed by atoms with Gasteiger partial charge in [0.25, 0.3) is 0 Å². The molecule has 0 unspecified atom stereocenters. The molecule has 0 aliphatic heterocycles. The first-order valence-electron chi connectivity index (χ1n) is 7.81. The molecule has 0 amide bonds. The van der Waals surface area contributed by atoms with Crippen molar-refractivity contribution in [2.45, 2.75) is 19.3 Å². The quantitative estimate of drug-likeness (QED) is 0.502. The van der Waals surface area contributed by atoms with E-state index in [-0.39, 0.29) is 5.11 Å². The van der Waals surface area contributed by atoms with Gasteiger partial charge in [-0.3, -0.25) is 0 Å². The van der Waals surface area contributed by atoms with Crippen molar-refractivity contribution in [3.05, 3.63) is 53.6 Å². The summed E-state index contributed by atoms with van der Waals surface area (Å²) < 4.78 is 11.4. The summed E-state index contributed by atoms with van der Waals surface area (Å²) in [6, 6.07) is 15.0. The van der Waals surface area contributed by atoms with Crippen LogP contribution in [-0.2, 0) is 0 Å². The number of anilines is 1. The molecule has 128 valence electrons. The molecule has 0 fully saturated rings. The van der Waals surface area contributed by atoms with E-state index in [9.17, 15) is 0 Å². The molecule has 2 rings (SSSR count). The summed E-state index contributed by atoms with van der Waals surface area (Å²) >= 11 is 10.6. The van der Waals surface area contributed by atoms with Crippen LogP contribution in [-0.4, -0.2) is 18.3 Å². The number of halogens is 1. The van der Waals surface area contributed by atoms with Crippen molar-refractivity contribution in [2.75, 3.05) is 18.5 Å². The molecule has 0 heterocycles. The third-order valence-electron chi connectivity index (χ3n) is 3.24. The Hall–Kier alpha value is -1.98. The minimum absolute atomic E-state index is 0.243. The maximum atomic E-state index is 5.83. The summed E-state index contributed by atoms with van der Waals surface area (Å²) in [5, 5.41) is 3.85. The third-order valence-corrected chi connectivity index (χ3v) is 3.60. The van der Waals surface area contributed by atoms with Crippen LogP contribution in [0.2, 0.25) is 5.02 Å². The molecule has 2 aromatic carbocycles. The van der Waals surface area contributed by atoms with E-state index in [0.717, 1.165) is 36.4 Å². The van der Waals surface area contributed by atoms with Crippen molar-refractivity contribution in [3.63, 3.8) is 0 Å². The van der Waals surface area contributed by atoms with Crippen LogP contribution in [0.1, 0.15) is 19.3 Å². The van der Waals surface area contributed by atoms with Gasteiger partial charge in [0, 0.05) is 16.8 Å². The normalized spacial score (nSPS) is 10.2. The topological polar surface area (TPSA) is 56.5 Å². The van der Waals surface area contributed by atoms with E-state index in [1.807, 2.05) is 48.5 Å². The second kappa shape index (κ2) is 10.0. The Kier molecular flexibility index (Phi) is 7.65. The van der Waals surface area contributed by atoms with Gasteiger partial charge in [-0.1, -0.05) is 17.7 Å². The predicted octanol–water partition coefficient (Wildman–Crippen LogP) is 4.62. The second-order valence-electron chi connectivity index (χ2n) is 5.23. The maximum Gasteiger partial charge on any atom is 0.168 e. The first-order chi connectivity index (χ1) is 11.6. The minimum Gasteiger partial charge on any atom is -0.494 e. The zero-order valence-corrected chi connectivity index (χ0v) is 14.9. The lowest BCUT2D eigenvalue weighted by Crippen LogP contribution is -2.18. The van der Waals surface area contributed by atoms with Crippen LogP contribution < -0.4 is 20.5 Å². The molecular weight excluding hydrogens is 344 g/mol. The number of unbranched alkanes of at least 4 members (excludes halogenated alkanes) is 2. The van der Waals surface area contributed by atoms with E-state index in [4.69, 9.17) is 39.0 Å². The molecule has 2 aromatic rings. The lowest BCUT2D eigenvalue weighted by molar-refractivity contribution is 0.279. The van der Waals surface area contributed by atoms with Crippen molar-refractivity contribution in [3.8, 4) is 11.5 Å². The molecule has 0 atom stereocenters. The van der Waals surface area contributed by atoms with Crippen molar-refractivity contribution >= 4 is 34.6 Å². The largest absolute Gasteiger partial charge is 0.494 e. The summed E-state index contributed by atoms with van der Waals surface area (Å²) in [6.45, 7) is 1.35. The number of rotatable bonds is 9. The van der Waals surface area contributed by atoms with Gasteiger partial charge < -0.3 is 20.5 Å². The highest BCUT2D eigenvalue weighted by molar-refractivity contribution is 7.80. The van der Waals surface area contributed by atoms with Crippen LogP contribution in [0.4, 0.5) is 5.69 Å². The number of hydrogen-bond acceptors (Lipinski definition) is 3. The molecule has 0 spiro atoms. The highest BCUT2D eigenvalue weighted by atomic mass is 35.5. The smallest absolute Gasteiger partial charge is 0.168 e. The number of nitrogens with one attached hydrogen (secondary N) is 1. The fourth-order valence-electron chi connectivity index (χ4n) is 2.10. The molecule has 0 aliphatic rings. The Bertz CT molecular complexity index is 650. The van der Waals surface area contributed by atoms with Gasteiger partial charge in [-0.15, -0.1) is 0 Å². The highest BCUT2D eigenvalue weighted by Gasteiger charge is 1.99. The van der Waals surface area contributed by atoms with Crippen LogP contribution >= 0.6 is 23.8 Å². The van der Waals surface area contributed by atoms with Crippen LogP contribution in [0.3, 0.4) is 0 Å². The fourth-order valence-corrected chi connectivity index (χ4v) is 2.34. The van der Waals surface area contributed by atoms with Gasteiger partial charge in [0.15, 0.2) is 5.11 Å². The number of benzene rings is 2. The van der Waals surface area contributed by atoms with Crippen LogP contribution in [0, 0.1) is 0 Å². The third kappa shape index (κ3) is 7.06. The Balaban J connectivity index is 1.58. The fraction of sp³-hybridized carbons (Fsp3) is 0.278. The molecule has 24 heavy (non-hydrogen) atoms. The molecule has 4 nitrogen and oxygen atoms in total. The molecule has 0 saturated carbocycles. The van der Waals surface area contributed by atoms with Gasteiger partial charge in [0.1, 0.15) is 11.5 Å². The second-order valence-corrected chi connectivity index (χ2v) is 6.10. The van der Waals surface area contributed by atoms with Crippen molar-refractivity contribution in [2.24, 2.45) is 5.73 Å². The van der Waals surface area contributed by atoms with Crippen LogP contribution in [0.25, 0.3) is 0 Å². The van der Waals surface area contributed by atoms with E-state index in [1.165, 1.54) is 0 Å². The van der Waals surface area contributed by atoms with Gasteiger partial charge in [-0.25, -0.2) is 0 Å². The van der Waals surface area contributed by atoms with Crippen molar-refractivity contribution < 1.29 is 9.47 Å². The molecule has 0 bridgehead atoms. The number of nitrogens with two attached hydrogens (primary N) is 1. The van der Waals surface area contributed by atoms with Crippen LogP contribution in [0.5, 0.6) is 11.5 Å². The van der Waals surface area contributed by atoms with Crippen LogP contribution in [0.15, 0.2) is 48.5 Å². The summed E-state index contributed by atoms with van der Waals surface area (Å²) in [4.78, 5) is 0. The highest BCUT2D eigenvalue weighted by Crippen LogP contribution is 2.18. The monoisotopic (exact) mass is 364 g/mol. The number of ether oxygens (including phenoxy) is 2. The SMILES string of the molecule is NC(=S)Nc1cccc(OCCCCCOc2ccc(Cl)cc2)c1. The Labute approximate surface area is 152 Å². The van der Waals surface area contributed by atoms with E-state index in [0.29, 0.717) is 18.2 Å². The lowest BCUT2D eigenvalue weighted by Gasteiger charge is -2.09. The molecule has 6 heteroatoms. The van der Waals surface area contributed by atoms with Gasteiger partial charge in [0.2, 0.25) is 0 Å². The summed E-state index contributed by atoms with van der Waals surface area (Å²) in [5.41, 5.74) is 6.28. The summed E-state index contributed by atoms with van der Waals surface area (Å²) in [7, 11) is 0. The van der Waals surface area contributed by atoms with Gasteiger partial charge >= 0.3 is 0 Å². The standard InChI is InChI=1S/C18H21ClN2O2S/c19-14-7-9-16(10-8-14)22-11-2-1-3-12-23-17-6-4-5-15(13-17)21-18(20)24/h4-10,13H,1-3,11-12H2,(H3,20,21,24). The van der Waals surface area contributed by atoms with Crippen molar-refractivity contribution in [1.82, 2.24) is 0 Å². The van der Waals surface area contributed by atoms with Gasteiger partial charge in [0.05, 0.1) is 13.2 Å². The van der Waals surface area contributed by atoms with Crippen molar-refractivity contribution in [1.29, 1.82) is 0 Å². The first kappa shape index (κ1) is 18.4. The average molecular weight is 365 g/mol. The average Bonchev–Trinajstić information content (AvgIpc) is 2.55. The summed E-state index contributed by atoms with van der Waals surface area (Å²) in [6.07, 6.45) is 2.99. The molecule has 0 saturated heterocycles. The molecule has 0 radical (unpaired) electrons.